The largest absolute Gasteiger partial charge is 0.297 e. The topological polar surface area (TPSA) is 154 Å². The number of hydrogen-bond acceptors (Lipinski definition) is 9. The molecule has 2 unspecified atom stereocenters. The lowest BCUT2D eigenvalue weighted by Crippen LogP contribution is -2.31. The predicted molar refractivity (Wildman–Crippen MR) is 111 cm³/mol. The summed E-state index contributed by atoms with van der Waals surface area (Å²) in [6, 6.07) is 8.80. The van der Waals surface area contributed by atoms with Crippen LogP contribution < -0.4 is 4.90 Å². The van der Waals surface area contributed by atoms with Gasteiger partial charge < -0.3 is 0 Å². The highest BCUT2D eigenvalue weighted by atomic mass is 32.1. The first-order valence-corrected chi connectivity index (χ1v) is 9.98. The number of nitro benzene ring substituents is 2. The average Bonchev–Trinajstić information content (AvgIpc) is 3.40. The molecule has 1 amide bonds. The molecule has 2 heterocycles. The molecule has 0 bridgehead atoms. The summed E-state index contributed by atoms with van der Waals surface area (Å²) >= 11 is 1.04. The number of thiazole rings is 1. The second kappa shape index (κ2) is 8.07. The van der Waals surface area contributed by atoms with Gasteiger partial charge >= 0.3 is 0 Å². The minimum Gasteiger partial charge on any atom is -0.293 e. The zero-order chi connectivity index (χ0) is 23.0. The lowest BCUT2D eigenvalue weighted by Gasteiger charge is -2.24. The highest BCUT2D eigenvalue weighted by Gasteiger charge is 2.54. The first-order valence-electron chi connectivity index (χ1n) is 9.10. The third kappa shape index (κ3) is 3.41. The van der Waals surface area contributed by atoms with Crippen LogP contribution in [-0.4, -0.2) is 32.3 Å². The van der Waals surface area contributed by atoms with Gasteiger partial charge in [-0.25, -0.2) is 4.98 Å². The Kier molecular flexibility index (Phi) is 5.28. The number of non-ortho nitro benzene ring substituents is 1. The van der Waals surface area contributed by atoms with Gasteiger partial charge in [0.25, 0.3) is 17.3 Å². The van der Waals surface area contributed by atoms with Crippen molar-refractivity contribution in [3.8, 4) is 0 Å². The van der Waals surface area contributed by atoms with Gasteiger partial charge in [0.1, 0.15) is 5.92 Å². The Labute approximate surface area is 183 Å². The highest BCUT2D eigenvalue weighted by molar-refractivity contribution is 7.14. The molecule has 0 saturated carbocycles. The van der Waals surface area contributed by atoms with Crippen molar-refractivity contribution in [2.75, 3.05) is 4.90 Å². The third-order valence-corrected chi connectivity index (χ3v) is 5.80. The van der Waals surface area contributed by atoms with E-state index in [2.05, 4.69) is 4.98 Å². The van der Waals surface area contributed by atoms with Crippen molar-refractivity contribution >= 4 is 45.3 Å². The summed E-state index contributed by atoms with van der Waals surface area (Å²) < 4.78 is 0. The third-order valence-electron chi connectivity index (χ3n) is 5.03. The number of hydrogen-bond donors (Lipinski definition) is 0. The van der Waals surface area contributed by atoms with E-state index in [0.29, 0.717) is 0 Å². The van der Waals surface area contributed by atoms with Gasteiger partial charge in [-0.1, -0.05) is 18.2 Å². The van der Waals surface area contributed by atoms with Crippen LogP contribution in [0.2, 0.25) is 0 Å². The van der Waals surface area contributed by atoms with Gasteiger partial charge in [0.15, 0.2) is 10.9 Å². The van der Waals surface area contributed by atoms with E-state index in [1.54, 1.807) is 5.38 Å². The van der Waals surface area contributed by atoms with Crippen LogP contribution in [0, 0.1) is 26.1 Å². The Morgan fingerprint density at radius 1 is 1.00 bits per heavy atom. The minimum atomic E-state index is -1.59. The van der Waals surface area contributed by atoms with Gasteiger partial charge in [-0.3, -0.25) is 39.5 Å². The summed E-state index contributed by atoms with van der Waals surface area (Å²) in [7, 11) is 0. The number of ketones is 2. The Bertz CT molecular complexity index is 1260. The molecule has 1 aliphatic rings. The average molecular weight is 452 g/mol. The molecule has 1 saturated heterocycles. The number of Topliss-reactive ketones (excluding diaryl/α,β-unsaturated/α-hetero) is 2. The van der Waals surface area contributed by atoms with E-state index in [1.807, 2.05) is 0 Å². The summed E-state index contributed by atoms with van der Waals surface area (Å²) in [6.07, 6.45) is 1.40. The number of rotatable bonds is 6. The Morgan fingerprint density at radius 2 is 1.69 bits per heavy atom. The zero-order valence-electron chi connectivity index (χ0n) is 16.0. The SMILES string of the molecule is O=C1C(=O)N(c2nccs2)C(c2ccccc2[N+](=O)[O-])C1C(=O)c1ccc([N+](=O)[O-])cc1. The number of carbonyl (C=O) groups is 3. The van der Waals surface area contributed by atoms with Crippen molar-refractivity contribution in [3.05, 3.63) is 91.5 Å². The number of amides is 1. The molecule has 160 valence electrons. The second-order valence-corrected chi connectivity index (χ2v) is 7.63. The lowest BCUT2D eigenvalue weighted by atomic mass is 9.85. The van der Waals surface area contributed by atoms with Crippen LogP contribution >= 0.6 is 11.3 Å². The summed E-state index contributed by atoms with van der Waals surface area (Å²) in [5.41, 5.74) is -0.642. The van der Waals surface area contributed by atoms with Gasteiger partial charge in [-0.15, -0.1) is 11.3 Å². The maximum absolute atomic E-state index is 13.3. The molecular weight excluding hydrogens is 440 g/mol. The van der Waals surface area contributed by atoms with Crippen molar-refractivity contribution in [3.63, 3.8) is 0 Å². The standard InChI is InChI=1S/C20H12N4O7S/c25-17(11-5-7-12(8-6-11)23(28)29)15-16(13-3-1-2-4-14(13)24(30)31)22(19(27)18(15)26)20-21-9-10-32-20/h1-10,15-16H. The number of nitrogens with zero attached hydrogens (tertiary/aromatic N) is 4. The van der Waals surface area contributed by atoms with E-state index in [1.165, 1.54) is 42.6 Å². The first kappa shape index (κ1) is 20.9. The summed E-state index contributed by atoms with van der Waals surface area (Å²) in [4.78, 5) is 65.4. The van der Waals surface area contributed by atoms with Gasteiger partial charge in [-0.2, -0.15) is 0 Å². The van der Waals surface area contributed by atoms with Crippen LogP contribution in [0.25, 0.3) is 0 Å². The van der Waals surface area contributed by atoms with Crippen LogP contribution in [0.1, 0.15) is 22.0 Å². The number of nitro groups is 2. The van der Waals surface area contributed by atoms with Crippen LogP contribution in [0.15, 0.2) is 60.1 Å². The molecule has 11 nitrogen and oxygen atoms in total. The number of para-hydroxylation sites is 1. The van der Waals surface area contributed by atoms with Gasteiger partial charge in [-0.05, 0) is 12.1 Å². The van der Waals surface area contributed by atoms with Crippen molar-refractivity contribution < 1.29 is 24.2 Å². The summed E-state index contributed by atoms with van der Waals surface area (Å²) in [5.74, 6) is -4.41. The Morgan fingerprint density at radius 3 is 2.28 bits per heavy atom. The smallest absolute Gasteiger partial charge is 0.293 e. The van der Waals surface area contributed by atoms with E-state index in [0.717, 1.165) is 28.4 Å². The molecule has 4 rings (SSSR count). The zero-order valence-corrected chi connectivity index (χ0v) is 16.8. The molecule has 2 aromatic carbocycles. The van der Waals surface area contributed by atoms with Crippen LogP contribution in [0.4, 0.5) is 16.5 Å². The monoisotopic (exact) mass is 452 g/mol. The second-order valence-electron chi connectivity index (χ2n) is 6.76. The number of anilines is 1. The molecule has 32 heavy (non-hydrogen) atoms. The molecule has 2 atom stereocenters. The van der Waals surface area contributed by atoms with Crippen LogP contribution in [0.3, 0.4) is 0 Å². The van der Waals surface area contributed by atoms with Crippen molar-refractivity contribution in [2.45, 2.75) is 6.04 Å². The molecule has 0 aliphatic carbocycles. The molecule has 1 aliphatic heterocycles. The van der Waals surface area contributed by atoms with E-state index < -0.39 is 39.3 Å². The molecule has 0 spiro atoms. The lowest BCUT2D eigenvalue weighted by molar-refractivity contribution is -0.385. The number of carbonyl (C=O) groups excluding carboxylic acids is 3. The van der Waals surface area contributed by atoms with Crippen molar-refractivity contribution in [1.82, 2.24) is 4.98 Å². The van der Waals surface area contributed by atoms with Gasteiger partial charge in [0.2, 0.25) is 5.78 Å². The quantitative estimate of drug-likeness (QED) is 0.182. The van der Waals surface area contributed by atoms with Gasteiger partial charge in [0.05, 0.1) is 21.5 Å². The molecule has 0 N–H and O–H groups in total. The normalized spacial score (nSPS) is 18.1. The van der Waals surface area contributed by atoms with E-state index in [9.17, 15) is 34.6 Å². The summed E-state index contributed by atoms with van der Waals surface area (Å²) in [6.45, 7) is 0. The molecule has 1 aromatic heterocycles. The maximum Gasteiger partial charge on any atom is 0.297 e. The van der Waals surface area contributed by atoms with Crippen LogP contribution in [-0.2, 0) is 9.59 Å². The van der Waals surface area contributed by atoms with E-state index in [4.69, 9.17) is 0 Å². The molecule has 1 fully saturated rings. The van der Waals surface area contributed by atoms with E-state index in [-0.39, 0.29) is 27.6 Å². The highest BCUT2D eigenvalue weighted by Crippen LogP contribution is 2.44. The fourth-order valence-corrected chi connectivity index (χ4v) is 4.30. The fraction of sp³-hybridized carbons (Fsp3) is 0.100. The summed E-state index contributed by atoms with van der Waals surface area (Å²) in [5, 5.41) is 24.2. The van der Waals surface area contributed by atoms with E-state index >= 15 is 0 Å². The van der Waals surface area contributed by atoms with Gasteiger partial charge in [0, 0.05) is 35.3 Å². The Balaban J connectivity index is 1.87. The molecule has 3 aromatic rings. The molecule has 0 radical (unpaired) electrons. The number of aromatic nitrogens is 1. The molecular formula is C20H12N4O7S. The first-order chi connectivity index (χ1) is 15.3. The number of benzene rings is 2. The maximum atomic E-state index is 13.3. The predicted octanol–water partition coefficient (Wildman–Crippen LogP) is 3.12. The fourth-order valence-electron chi connectivity index (χ4n) is 3.62. The van der Waals surface area contributed by atoms with Crippen molar-refractivity contribution in [2.24, 2.45) is 5.92 Å². The Hall–Kier alpha value is -4.32. The van der Waals surface area contributed by atoms with Crippen LogP contribution in [0.5, 0.6) is 0 Å². The molecule has 12 heteroatoms. The van der Waals surface area contributed by atoms with Crippen molar-refractivity contribution in [1.29, 1.82) is 0 Å². The minimum absolute atomic E-state index is 0.00663.